The SMILES string of the molecule is COc1ccc(Br)cc1Cc1nc(CC(=O)O)cs1. The molecule has 1 aromatic carbocycles. The minimum atomic E-state index is -0.864. The molecule has 0 amide bonds. The number of rotatable bonds is 5. The molecule has 4 nitrogen and oxygen atoms in total. The maximum absolute atomic E-state index is 10.6. The summed E-state index contributed by atoms with van der Waals surface area (Å²) in [5.74, 6) is -0.0601. The van der Waals surface area contributed by atoms with E-state index in [1.807, 2.05) is 18.2 Å². The number of carboxylic acid groups (broad SMARTS) is 1. The van der Waals surface area contributed by atoms with Gasteiger partial charge in [-0.25, -0.2) is 4.98 Å². The summed E-state index contributed by atoms with van der Waals surface area (Å²) in [6.07, 6.45) is 0.596. The van der Waals surface area contributed by atoms with Gasteiger partial charge in [-0.1, -0.05) is 15.9 Å². The van der Waals surface area contributed by atoms with Crippen LogP contribution in [0.15, 0.2) is 28.1 Å². The fourth-order valence-corrected chi connectivity index (χ4v) is 2.94. The normalized spacial score (nSPS) is 10.4. The van der Waals surface area contributed by atoms with Crippen molar-refractivity contribution in [2.45, 2.75) is 12.8 Å². The molecule has 0 fully saturated rings. The third-order valence-corrected chi connectivity index (χ3v) is 3.91. The number of carbonyl (C=O) groups is 1. The zero-order valence-electron chi connectivity index (χ0n) is 10.2. The van der Waals surface area contributed by atoms with E-state index in [1.54, 1.807) is 12.5 Å². The first kappa shape index (κ1) is 14.0. The second-order valence-electron chi connectivity index (χ2n) is 3.94. The average Bonchev–Trinajstić information content (AvgIpc) is 2.76. The van der Waals surface area contributed by atoms with Crippen LogP contribution in [0, 0.1) is 0 Å². The van der Waals surface area contributed by atoms with Crippen LogP contribution in [0.5, 0.6) is 5.75 Å². The molecule has 0 spiro atoms. The zero-order valence-corrected chi connectivity index (χ0v) is 12.6. The average molecular weight is 342 g/mol. The maximum atomic E-state index is 10.6. The molecule has 0 aliphatic carbocycles. The molecule has 6 heteroatoms. The third kappa shape index (κ3) is 3.78. The van der Waals surface area contributed by atoms with Crippen LogP contribution in [-0.2, 0) is 17.6 Å². The van der Waals surface area contributed by atoms with Gasteiger partial charge in [-0.3, -0.25) is 4.79 Å². The van der Waals surface area contributed by atoms with Crippen LogP contribution in [0.1, 0.15) is 16.3 Å². The highest BCUT2D eigenvalue weighted by atomic mass is 79.9. The van der Waals surface area contributed by atoms with Crippen molar-refractivity contribution in [3.05, 3.63) is 44.3 Å². The Kier molecular flexibility index (Phi) is 4.55. The van der Waals surface area contributed by atoms with Crippen LogP contribution < -0.4 is 4.74 Å². The van der Waals surface area contributed by atoms with Gasteiger partial charge < -0.3 is 9.84 Å². The number of nitrogens with zero attached hydrogens (tertiary/aromatic N) is 1. The van der Waals surface area contributed by atoms with Crippen molar-refractivity contribution in [1.29, 1.82) is 0 Å². The first-order valence-electron chi connectivity index (χ1n) is 5.56. The van der Waals surface area contributed by atoms with Crippen LogP contribution in [0.3, 0.4) is 0 Å². The fourth-order valence-electron chi connectivity index (χ4n) is 1.71. The second kappa shape index (κ2) is 6.16. The van der Waals surface area contributed by atoms with Crippen molar-refractivity contribution < 1.29 is 14.6 Å². The summed E-state index contributed by atoms with van der Waals surface area (Å²) in [4.78, 5) is 14.9. The standard InChI is InChI=1S/C13H12BrNO3S/c1-18-11-3-2-9(14)4-8(11)5-12-15-10(7-19-12)6-13(16)17/h2-4,7H,5-6H2,1H3,(H,16,17). The minimum Gasteiger partial charge on any atom is -0.496 e. The largest absolute Gasteiger partial charge is 0.496 e. The fraction of sp³-hybridized carbons (Fsp3) is 0.231. The molecule has 19 heavy (non-hydrogen) atoms. The molecule has 2 rings (SSSR count). The van der Waals surface area contributed by atoms with E-state index in [-0.39, 0.29) is 6.42 Å². The van der Waals surface area contributed by atoms with Crippen LogP contribution in [0.2, 0.25) is 0 Å². The first-order valence-corrected chi connectivity index (χ1v) is 7.23. The van der Waals surface area contributed by atoms with E-state index in [0.717, 1.165) is 20.8 Å². The van der Waals surface area contributed by atoms with Gasteiger partial charge in [-0.05, 0) is 18.2 Å². The lowest BCUT2D eigenvalue weighted by molar-refractivity contribution is -0.136. The number of methoxy groups -OCH3 is 1. The topological polar surface area (TPSA) is 59.4 Å². The number of benzene rings is 1. The Morgan fingerprint density at radius 1 is 1.53 bits per heavy atom. The lowest BCUT2D eigenvalue weighted by Gasteiger charge is -2.07. The van der Waals surface area contributed by atoms with E-state index < -0.39 is 5.97 Å². The summed E-state index contributed by atoms with van der Waals surface area (Å²) in [5.41, 5.74) is 1.62. The number of aromatic nitrogens is 1. The number of halogens is 1. The number of aliphatic carboxylic acids is 1. The second-order valence-corrected chi connectivity index (χ2v) is 5.79. The Bertz CT molecular complexity index is 597. The monoisotopic (exact) mass is 341 g/mol. The van der Waals surface area contributed by atoms with E-state index in [9.17, 15) is 4.79 Å². The Morgan fingerprint density at radius 3 is 3.00 bits per heavy atom. The predicted octanol–water partition coefficient (Wildman–Crippen LogP) is 3.13. The molecule has 0 aliphatic heterocycles. The molecule has 2 aromatic rings. The summed E-state index contributed by atoms with van der Waals surface area (Å²) in [7, 11) is 1.63. The van der Waals surface area contributed by atoms with Gasteiger partial charge >= 0.3 is 5.97 Å². The van der Waals surface area contributed by atoms with Crippen LogP contribution in [0.4, 0.5) is 0 Å². The molecule has 0 unspecified atom stereocenters. The molecule has 0 saturated heterocycles. The molecular weight excluding hydrogens is 330 g/mol. The third-order valence-electron chi connectivity index (χ3n) is 2.52. The van der Waals surface area contributed by atoms with Gasteiger partial charge in [0.2, 0.25) is 0 Å². The number of hydrogen-bond acceptors (Lipinski definition) is 4. The van der Waals surface area contributed by atoms with Crippen LogP contribution in [0.25, 0.3) is 0 Å². The lowest BCUT2D eigenvalue weighted by atomic mass is 10.1. The highest BCUT2D eigenvalue weighted by Crippen LogP contribution is 2.26. The number of carboxylic acids is 1. The summed E-state index contributed by atoms with van der Waals surface area (Å²) in [6.45, 7) is 0. The molecule has 0 atom stereocenters. The lowest BCUT2D eigenvalue weighted by Crippen LogP contribution is -2.00. The smallest absolute Gasteiger partial charge is 0.309 e. The van der Waals surface area contributed by atoms with E-state index in [1.165, 1.54) is 11.3 Å². The highest BCUT2D eigenvalue weighted by molar-refractivity contribution is 9.10. The Labute approximate surface area is 123 Å². The maximum Gasteiger partial charge on any atom is 0.309 e. The van der Waals surface area contributed by atoms with E-state index in [0.29, 0.717) is 12.1 Å². The van der Waals surface area contributed by atoms with Gasteiger partial charge in [0, 0.05) is 21.8 Å². The molecular formula is C13H12BrNO3S. The van der Waals surface area contributed by atoms with Crippen molar-refractivity contribution >= 4 is 33.2 Å². The molecule has 0 saturated carbocycles. The van der Waals surface area contributed by atoms with E-state index >= 15 is 0 Å². The van der Waals surface area contributed by atoms with Gasteiger partial charge in [0.15, 0.2) is 0 Å². The van der Waals surface area contributed by atoms with E-state index in [2.05, 4.69) is 20.9 Å². The van der Waals surface area contributed by atoms with Crippen molar-refractivity contribution in [3.63, 3.8) is 0 Å². The van der Waals surface area contributed by atoms with Crippen LogP contribution >= 0.6 is 27.3 Å². The molecule has 0 radical (unpaired) electrons. The summed E-state index contributed by atoms with van der Waals surface area (Å²) in [6, 6.07) is 5.79. The summed E-state index contributed by atoms with van der Waals surface area (Å²) in [5, 5.41) is 11.4. The van der Waals surface area contributed by atoms with Crippen LogP contribution in [-0.4, -0.2) is 23.2 Å². The highest BCUT2D eigenvalue weighted by Gasteiger charge is 2.10. The van der Waals surface area contributed by atoms with Gasteiger partial charge in [0.1, 0.15) is 5.75 Å². The molecule has 100 valence electrons. The van der Waals surface area contributed by atoms with Gasteiger partial charge in [0.25, 0.3) is 0 Å². The van der Waals surface area contributed by atoms with Crippen molar-refractivity contribution in [3.8, 4) is 5.75 Å². The van der Waals surface area contributed by atoms with Gasteiger partial charge in [-0.15, -0.1) is 11.3 Å². The summed E-state index contributed by atoms with van der Waals surface area (Å²) >= 11 is 4.89. The Balaban J connectivity index is 2.18. The number of ether oxygens (including phenoxy) is 1. The predicted molar refractivity (Wildman–Crippen MR) is 77.0 cm³/mol. The number of hydrogen-bond donors (Lipinski definition) is 1. The molecule has 1 heterocycles. The molecule has 1 aromatic heterocycles. The quantitative estimate of drug-likeness (QED) is 0.907. The zero-order chi connectivity index (χ0) is 13.8. The van der Waals surface area contributed by atoms with Gasteiger partial charge in [0.05, 0.1) is 24.2 Å². The minimum absolute atomic E-state index is 0.0356. The molecule has 1 N–H and O–H groups in total. The van der Waals surface area contributed by atoms with Gasteiger partial charge in [-0.2, -0.15) is 0 Å². The van der Waals surface area contributed by atoms with Crippen molar-refractivity contribution in [2.24, 2.45) is 0 Å². The summed E-state index contributed by atoms with van der Waals surface area (Å²) < 4.78 is 6.28. The van der Waals surface area contributed by atoms with E-state index in [4.69, 9.17) is 9.84 Å². The first-order chi connectivity index (χ1) is 9.08. The molecule has 0 aliphatic rings. The Hall–Kier alpha value is -1.40. The van der Waals surface area contributed by atoms with Crippen molar-refractivity contribution in [2.75, 3.05) is 7.11 Å². The molecule has 0 bridgehead atoms. The van der Waals surface area contributed by atoms with Crippen molar-refractivity contribution in [1.82, 2.24) is 4.98 Å². The Morgan fingerprint density at radius 2 is 2.32 bits per heavy atom. The number of thiazole rings is 1.